The minimum atomic E-state index is -1.28. The summed E-state index contributed by atoms with van der Waals surface area (Å²) in [6.45, 7) is 0. The van der Waals surface area contributed by atoms with Crippen LogP contribution in [-0.2, 0) is 0 Å². The van der Waals surface area contributed by atoms with Gasteiger partial charge in [0.05, 0.1) is 0 Å². The quantitative estimate of drug-likeness (QED) is 0.821. The average molecular weight is 233 g/mol. The minimum Gasteiger partial charge on any atom is -0.476 e. The summed E-state index contributed by atoms with van der Waals surface area (Å²) in [7, 11) is 0. The number of carboxylic acid groups (broad SMARTS) is 1. The molecular weight excluding hydrogens is 225 g/mol. The van der Waals surface area contributed by atoms with Gasteiger partial charge in [-0.2, -0.15) is 0 Å². The molecule has 0 aliphatic heterocycles. The molecule has 1 aromatic carbocycles. The molecule has 0 aliphatic carbocycles. The SMILES string of the molecule is Nc1ncc(-c2ccccc2F)c(C(=O)O)n1. The smallest absolute Gasteiger partial charge is 0.355 e. The zero-order valence-electron chi connectivity index (χ0n) is 8.59. The van der Waals surface area contributed by atoms with Crippen molar-refractivity contribution in [2.75, 3.05) is 5.73 Å². The first-order chi connectivity index (χ1) is 8.09. The second-order valence-electron chi connectivity index (χ2n) is 3.28. The van der Waals surface area contributed by atoms with Gasteiger partial charge in [0.15, 0.2) is 5.69 Å². The number of carboxylic acids is 1. The van der Waals surface area contributed by atoms with E-state index < -0.39 is 11.8 Å². The molecule has 2 aromatic rings. The van der Waals surface area contributed by atoms with Crippen molar-refractivity contribution in [3.63, 3.8) is 0 Å². The number of halogens is 1. The number of nitrogens with two attached hydrogens (primary N) is 1. The Kier molecular flexibility index (Phi) is 2.70. The fraction of sp³-hybridized carbons (Fsp3) is 0. The Morgan fingerprint density at radius 3 is 2.65 bits per heavy atom. The lowest BCUT2D eigenvalue weighted by molar-refractivity contribution is 0.0691. The highest BCUT2D eigenvalue weighted by Gasteiger charge is 2.17. The number of anilines is 1. The van der Waals surface area contributed by atoms with Crippen molar-refractivity contribution in [1.29, 1.82) is 0 Å². The number of nitrogen functional groups attached to an aromatic ring is 1. The van der Waals surface area contributed by atoms with Gasteiger partial charge < -0.3 is 10.8 Å². The highest BCUT2D eigenvalue weighted by atomic mass is 19.1. The van der Waals surface area contributed by atoms with E-state index in [1.54, 1.807) is 6.07 Å². The summed E-state index contributed by atoms with van der Waals surface area (Å²) >= 11 is 0. The van der Waals surface area contributed by atoms with Crippen molar-refractivity contribution in [3.8, 4) is 11.1 Å². The topological polar surface area (TPSA) is 89.1 Å². The summed E-state index contributed by atoms with van der Waals surface area (Å²) < 4.78 is 13.5. The van der Waals surface area contributed by atoms with Crippen LogP contribution in [0.4, 0.5) is 10.3 Å². The maximum atomic E-state index is 13.5. The number of aromatic carboxylic acids is 1. The maximum absolute atomic E-state index is 13.5. The predicted octanol–water partition coefficient (Wildman–Crippen LogP) is 1.56. The average Bonchev–Trinajstić information content (AvgIpc) is 2.30. The van der Waals surface area contributed by atoms with Gasteiger partial charge in [-0.25, -0.2) is 19.2 Å². The van der Waals surface area contributed by atoms with E-state index in [-0.39, 0.29) is 22.8 Å². The molecule has 5 nitrogen and oxygen atoms in total. The number of carbonyl (C=O) groups is 1. The summed E-state index contributed by atoms with van der Waals surface area (Å²) in [6.07, 6.45) is 1.20. The molecule has 2 rings (SSSR count). The highest BCUT2D eigenvalue weighted by molar-refractivity contribution is 5.94. The molecule has 1 aromatic heterocycles. The molecule has 0 saturated heterocycles. The first-order valence-corrected chi connectivity index (χ1v) is 4.70. The van der Waals surface area contributed by atoms with Crippen LogP contribution in [0.25, 0.3) is 11.1 Å². The lowest BCUT2D eigenvalue weighted by Gasteiger charge is -2.06. The molecule has 0 saturated carbocycles. The van der Waals surface area contributed by atoms with Crippen LogP contribution in [0.3, 0.4) is 0 Å². The molecule has 0 amide bonds. The molecule has 0 bridgehead atoms. The predicted molar refractivity (Wildman–Crippen MR) is 58.8 cm³/mol. The van der Waals surface area contributed by atoms with Crippen LogP contribution in [0.2, 0.25) is 0 Å². The molecule has 1 heterocycles. The van der Waals surface area contributed by atoms with Crippen molar-refractivity contribution in [3.05, 3.63) is 42.0 Å². The number of rotatable bonds is 2. The number of aromatic nitrogens is 2. The van der Waals surface area contributed by atoms with Crippen molar-refractivity contribution in [2.45, 2.75) is 0 Å². The Balaban J connectivity index is 2.68. The summed E-state index contributed by atoms with van der Waals surface area (Å²) in [4.78, 5) is 18.3. The second-order valence-corrected chi connectivity index (χ2v) is 3.28. The van der Waals surface area contributed by atoms with Crippen LogP contribution in [0.5, 0.6) is 0 Å². The Hall–Kier alpha value is -2.50. The zero-order chi connectivity index (χ0) is 12.4. The van der Waals surface area contributed by atoms with Crippen LogP contribution in [-0.4, -0.2) is 21.0 Å². The monoisotopic (exact) mass is 233 g/mol. The normalized spacial score (nSPS) is 10.2. The van der Waals surface area contributed by atoms with Crippen molar-refractivity contribution in [1.82, 2.24) is 9.97 Å². The van der Waals surface area contributed by atoms with Crippen molar-refractivity contribution >= 4 is 11.9 Å². The molecule has 86 valence electrons. The Morgan fingerprint density at radius 1 is 1.29 bits per heavy atom. The van der Waals surface area contributed by atoms with Crippen LogP contribution < -0.4 is 5.73 Å². The van der Waals surface area contributed by atoms with Crippen LogP contribution in [0, 0.1) is 5.82 Å². The van der Waals surface area contributed by atoms with Gasteiger partial charge in [-0.3, -0.25) is 0 Å². The number of benzene rings is 1. The standard InChI is InChI=1S/C11H8FN3O2/c12-8-4-2-1-3-6(8)7-5-14-11(13)15-9(7)10(16)17/h1-5H,(H,16,17)(H2,13,14,15). The van der Waals surface area contributed by atoms with Gasteiger partial charge >= 0.3 is 5.97 Å². The van der Waals surface area contributed by atoms with Crippen molar-refractivity contribution < 1.29 is 14.3 Å². The third kappa shape index (κ3) is 2.05. The number of hydrogen-bond acceptors (Lipinski definition) is 4. The van der Waals surface area contributed by atoms with Gasteiger partial charge in [0.1, 0.15) is 5.82 Å². The Morgan fingerprint density at radius 2 is 2.00 bits per heavy atom. The summed E-state index contributed by atoms with van der Waals surface area (Å²) in [6, 6.07) is 5.80. The molecule has 0 radical (unpaired) electrons. The number of nitrogens with zero attached hydrogens (tertiary/aromatic N) is 2. The van der Waals surface area contributed by atoms with E-state index in [0.717, 1.165) is 0 Å². The van der Waals surface area contributed by atoms with Crippen LogP contribution in [0.1, 0.15) is 10.5 Å². The van der Waals surface area contributed by atoms with Crippen molar-refractivity contribution in [2.24, 2.45) is 0 Å². The summed E-state index contributed by atoms with van der Waals surface area (Å²) in [5.74, 6) is -1.98. The summed E-state index contributed by atoms with van der Waals surface area (Å²) in [5, 5.41) is 8.97. The Labute approximate surface area is 95.8 Å². The molecule has 0 spiro atoms. The van der Waals surface area contributed by atoms with Gasteiger partial charge in [-0.1, -0.05) is 18.2 Å². The van der Waals surface area contributed by atoms with Gasteiger partial charge in [0.25, 0.3) is 0 Å². The first-order valence-electron chi connectivity index (χ1n) is 4.70. The molecule has 0 unspecified atom stereocenters. The van der Waals surface area contributed by atoms with E-state index in [4.69, 9.17) is 10.8 Å². The zero-order valence-corrected chi connectivity index (χ0v) is 8.59. The fourth-order valence-electron chi connectivity index (χ4n) is 1.44. The van der Waals surface area contributed by atoms with E-state index in [9.17, 15) is 9.18 Å². The van der Waals surface area contributed by atoms with Crippen LogP contribution >= 0.6 is 0 Å². The largest absolute Gasteiger partial charge is 0.476 e. The molecule has 6 heteroatoms. The van der Waals surface area contributed by atoms with Crippen LogP contribution in [0.15, 0.2) is 30.5 Å². The first kappa shape index (κ1) is 11.0. The molecule has 0 atom stereocenters. The molecule has 3 N–H and O–H groups in total. The fourth-order valence-corrected chi connectivity index (χ4v) is 1.44. The molecule has 17 heavy (non-hydrogen) atoms. The van der Waals surface area contributed by atoms with E-state index in [1.807, 2.05) is 0 Å². The van der Waals surface area contributed by atoms with E-state index in [1.165, 1.54) is 24.4 Å². The lowest BCUT2D eigenvalue weighted by Crippen LogP contribution is -2.07. The van der Waals surface area contributed by atoms with Gasteiger partial charge in [-0.15, -0.1) is 0 Å². The molecule has 0 aliphatic rings. The maximum Gasteiger partial charge on any atom is 0.355 e. The van der Waals surface area contributed by atoms with E-state index in [0.29, 0.717) is 0 Å². The molecule has 0 fully saturated rings. The highest BCUT2D eigenvalue weighted by Crippen LogP contribution is 2.24. The second kappa shape index (κ2) is 4.17. The van der Waals surface area contributed by atoms with Gasteiger partial charge in [0.2, 0.25) is 5.95 Å². The lowest BCUT2D eigenvalue weighted by atomic mass is 10.1. The Bertz CT molecular complexity index is 587. The third-order valence-corrected chi connectivity index (χ3v) is 2.17. The third-order valence-electron chi connectivity index (χ3n) is 2.17. The van der Waals surface area contributed by atoms with Gasteiger partial charge in [0, 0.05) is 17.3 Å². The van der Waals surface area contributed by atoms with E-state index in [2.05, 4.69) is 9.97 Å². The van der Waals surface area contributed by atoms with E-state index >= 15 is 0 Å². The summed E-state index contributed by atoms with van der Waals surface area (Å²) in [5.41, 5.74) is 5.22. The van der Waals surface area contributed by atoms with Gasteiger partial charge in [-0.05, 0) is 6.07 Å². The minimum absolute atomic E-state index is 0.102. The number of hydrogen-bond donors (Lipinski definition) is 2. The molecular formula is C11H8FN3O2.